The van der Waals surface area contributed by atoms with Gasteiger partial charge in [0.2, 0.25) is 0 Å². The van der Waals surface area contributed by atoms with E-state index in [9.17, 15) is 0 Å². The highest BCUT2D eigenvalue weighted by Gasteiger charge is 2.13. The normalized spacial score (nSPS) is 12.2. The highest BCUT2D eigenvalue weighted by molar-refractivity contribution is 6.24. The number of benzene rings is 8. The molecular formula is C52H52N6O7. The summed E-state index contributed by atoms with van der Waals surface area (Å²) in [6.07, 6.45) is 3.81. The molecule has 10 rings (SSSR count). The molecule has 0 N–H and O–H groups in total. The van der Waals surface area contributed by atoms with Gasteiger partial charge < -0.3 is 33.2 Å². The van der Waals surface area contributed by atoms with Crippen molar-refractivity contribution in [3.8, 4) is 0 Å². The van der Waals surface area contributed by atoms with Gasteiger partial charge in [0.1, 0.15) is 11.4 Å². The first-order chi connectivity index (χ1) is 32.2. The van der Waals surface area contributed by atoms with Gasteiger partial charge in [-0.15, -0.1) is 10.2 Å². The highest BCUT2D eigenvalue weighted by Crippen LogP contribution is 2.37. The van der Waals surface area contributed by atoms with Crippen LogP contribution in [0.3, 0.4) is 0 Å². The van der Waals surface area contributed by atoms with E-state index in [0.717, 1.165) is 11.4 Å². The zero-order chi connectivity index (χ0) is 43.6. The molecule has 13 nitrogen and oxygen atoms in total. The lowest BCUT2D eigenvalue weighted by Gasteiger charge is -2.13. The minimum absolute atomic E-state index is 0.386. The van der Waals surface area contributed by atoms with Crippen LogP contribution in [0.5, 0.6) is 0 Å². The molecule has 0 radical (unpaired) electrons. The van der Waals surface area contributed by atoms with Crippen LogP contribution in [0.15, 0.2) is 122 Å². The number of aromatic nitrogens is 6. The lowest BCUT2D eigenvalue weighted by molar-refractivity contribution is -0.0121. The molecule has 0 aliphatic carbocycles. The maximum atomic E-state index is 6.10. The molecule has 0 unspecified atom stereocenters. The predicted molar refractivity (Wildman–Crippen MR) is 251 cm³/mol. The quantitative estimate of drug-likeness (QED) is 0.0383. The molecule has 0 atom stereocenters. The second kappa shape index (κ2) is 20.8. The zero-order valence-electron chi connectivity index (χ0n) is 36.4. The van der Waals surface area contributed by atoms with Crippen molar-refractivity contribution in [1.82, 2.24) is 30.0 Å². The van der Waals surface area contributed by atoms with Crippen LogP contribution >= 0.6 is 0 Å². The summed E-state index contributed by atoms with van der Waals surface area (Å²) >= 11 is 0. The predicted octanol–water partition coefficient (Wildman–Crippen LogP) is 8.88. The van der Waals surface area contributed by atoms with Gasteiger partial charge in [-0.1, -0.05) is 120 Å². The summed E-state index contributed by atoms with van der Waals surface area (Å²) in [5.41, 5.74) is 3.90. The summed E-state index contributed by atoms with van der Waals surface area (Å²) in [6, 6.07) is 39.2. The lowest BCUT2D eigenvalue weighted by Crippen LogP contribution is -2.14. The van der Waals surface area contributed by atoms with E-state index in [0.29, 0.717) is 106 Å². The topological polar surface area (TPSA) is 126 Å². The van der Waals surface area contributed by atoms with Gasteiger partial charge in [-0.3, -0.25) is 0 Å². The van der Waals surface area contributed by atoms with Crippen molar-refractivity contribution < 1.29 is 33.2 Å². The van der Waals surface area contributed by atoms with Crippen molar-refractivity contribution in [2.24, 2.45) is 0 Å². The molecule has 332 valence electrons. The van der Waals surface area contributed by atoms with Crippen molar-refractivity contribution in [3.63, 3.8) is 0 Å². The van der Waals surface area contributed by atoms with Crippen molar-refractivity contribution in [2.75, 3.05) is 66.1 Å². The molecule has 0 fully saturated rings. The molecule has 2 heterocycles. The lowest BCUT2D eigenvalue weighted by atomic mass is 9.92. The molecule has 0 aliphatic heterocycles. The van der Waals surface area contributed by atoms with E-state index in [1.54, 1.807) is 9.36 Å². The average molecular weight is 873 g/mol. The first-order valence-corrected chi connectivity index (χ1v) is 22.4. The minimum Gasteiger partial charge on any atom is -0.377 e. The molecule has 2 aromatic heterocycles. The number of ether oxygens (including phenoxy) is 7. The van der Waals surface area contributed by atoms with E-state index in [4.69, 9.17) is 33.2 Å². The Labute approximate surface area is 376 Å². The zero-order valence-corrected chi connectivity index (χ0v) is 36.4. The Morgan fingerprint density at radius 3 is 1.06 bits per heavy atom. The van der Waals surface area contributed by atoms with Crippen molar-refractivity contribution >= 4 is 64.6 Å². The summed E-state index contributed by atoms with van der Waals surface area (Å²) < 4.78 is 44.1. The fraction of sp³-hybridized carbons (Fsp3) is 0.308. The van der Waals surface area contributed by atoms with Gasteiger partial charge in [0, 0.05) is 0 Å². The first kappa shape index (κ1) is 42.8. The highest BCUT2D eigenvalue weighted by atomic mass is 16.6. The van der Waals surface area contributed by atoms with Crippen LogP contribution in [-0.4, -0.2) is 96.1 Å². The molecule has 13 heteroatoms. The molecule has 0 aliphatic rings. The molecule has 65 heavy (non-hydrogen) atoms. The largest absolute Gasteiger partial charge is 0.377 e. The van der Waals surface area contributed by atoms with Gasteiger partial charge in [-0.25, -0.2) is 9.36 Å². The van der Waals surface area contributed by atoms with Gasteiger partial charge in [-0.05, 0) is 75.8 Å². The van der Waals surface area contributed by atoms with E-state index >= 15 is 0 Å². The Morgan fingerprint density at radius 1 is 0.323 bits per heavy atom. The van der Waals surface area contributed by atoms with Gasteiger partial charge in [0.05, 0.1) is 118 Å². The van der Waals surface area contributed by atoms with E-state index in [1.807, 2.05) is 12.4 Å². The van der Waals surface area contributed by atoms with Crippen LogP contribution < -0.4 is 0 Å². The van der Waals surface area contributed by atoms with Crippen LogP contribution in [0.2, 0.25) is 0 Å². The SMILES string of the molecule is c1cc2ccc3ccc(COCc4cn(CCOCCOCCOCCOCCOCCn5cc(COCc6ccc7ccc8cccc9ccc6c7c89)nn5)nn4)c4ccc(c1)c2c34. The van der Waals surface area contributed by atoms with Gasteiger partial charge in [-0.2, -0.15) is 0 Å². The molecule has 0 saturated carbocycles. The molecule has 10 aromatic rings. The fourth-order valence-electron chi connectivity index (χ4n) is 8.70. The summed E-state index contributed by atoms with van der Waals surface area (Å²) in [5, 5.41) is 32.2. The Kier molecular flexibility index (Phi) is 13.7. The standard InChI is InChI=1S/C52H52N6O7/c1-3-37-7-9-41-11-13-43(47-17-15-39(5-1)49(37)51(41)47)33-64-35-45-31-57(55-53-45)19-21-59-23-25-61-27-29-63-30-28-62-26-24-60-22-20-58-32-46(54-56-58)36-65-34-44-14-12-42-10-8-38-4-2-6-40-16-18-48(44)52(42)50(38)40/h1-18,31-32H,19-30,33-36H2. The third-order valence-corrected chi connectivity index (χ3v) is 11.8. The third kappa shape index (κ3) is 10.1. The minimum atomic E-state index is 0.386. The number of hydrogen-bond acceptors (Lipinski definition) is 11. The molecule has 8 aromatic carbocycles. The average Bonchev–Trinajstić information content (AvgIpc) is 4.01. The number of hydrogen-bond donors (Lipinski definition) is 0. The maximum absolute atomic E-state index is 6.10. The van der Waals surface area contributed by atoms with E-state index in [2.05, 4.69) is 130 Å². The Hall–Kier alpha value is -6.16. The second-order valence-electron chi connectivity index (χ2n) is 16.2. The molecule has 0 amide bonds. The Bertz CT molecular complexity index is 2860. The monoisotopic (exact) mass is 872 g/mol. The number of rotatable bonds is 26. The van der Waals surface area contributed by atoms with Gasteiger partial charge >= 0.3 is 0 Å². The maximum Gasteiger partial charge on any atom is 0.108 e. The second-order valence-corrected chi connectivity index (χ2v) is 16.2. The van der Waals surface area contributed by atoms with Gasteiger partial charge in [0.25, 0.3) is 0 Å². The van der Waals surface area contributed by atoms with Crippen LogP contribution in [-0.2, 0) is 72.7 Å². The van der Waals surface area contributed by atoms with Crippen LogP contribution in [0.25, 0.3) is 64.6 Å². The smallest absolute Gasteiger partial charge is 0.108 e. The molecule has 0 spiro atoms. The van der Waals surface area contributed by atoms with Gasteiger partial charge in [0.15, 0.2) is 0 Å². The number of nitrogens with zero attached hydrogens (tertiary/aromatic N) is 6. The van der Waals surface area contributed by atoms with Crippen LogP contribution in [0, 0.1) is 0 Å². The van der Waals surface area contributed by atoms with E-state index in [1.165, 1.54) is 75.8 Å². The Balaban J connectivity index is 0.520. The van der Waals surface area contributed by atoms with E-state index < -0.39 is 0 Å². The molecule has 0 saturated heterocycles. The summed E-state index contributed by atoms with van der Waals surface area (Å²) in [6.45, 7) is 7.91. The van der Waals surface area contributed by atoms with Crippen molar-refractivity contribution in [2.45, 2.75) is 39.5 Å². The first-order valence-electron chi connectivity index (χ1n) is 22.4. The third-order valence-electron chi connectivity index (χ3n) is 11.8. The van der Waals surface area contributed by atoms with Crippen molar-refractivity contribution in [3.05, 3.63) is 144 Å². The van der Waals surface area contributed by atoms with Crippen LogP contribution in [0.4, 0.5) is 0 Å². The summed E-state index contributed by atoms with van der Waals surface area (Å²) in [4.78, 5) is 0. The fourth-order valence-corrected chi connectivity index (χ4v) is 8.70. The summed E-state index contributed by atoms with van der Waals surface area (Å²) in [7, 11) is 0. The van der Waals surface area contributed by atoms with Crippen molar-refractivity contribution in [1.29, 1.82) is 0 Å². The summed E-state index contributed by atoms with van der Waals surface area (Å²) in [5.74, 6) is 0. The molecule has 0 bridgehead atoms. The Morgan fingerprint density at radius 2 is 0.662 bits per heavy atom. The van der Waals surface area contributed by atoms with E-state index in [-0.39, 0.29) is 0 Å². The van der Waals surface area contributed by atoms with Crippen LogP contribution in [0.1, 0.15) is 22.5 Å². The molecular weight excluding hydrogens is 821 g/mol.